The minimum atomic E-state index is -0.147. The minimum absolute atomic E-state index is 0.0229. The predicted molar refractivity (Wildman–Crippen MR) is 90.9 cm³/mol. The van der Waals surface area contributed by atoms with Crippen LogP contribution < -0.4 is 10.6 Å². The van der Waals surface area contributed by atoms with E-state index in [0.717, 1.165) is 11.1 Å². The summed E-state index contributed by atoms with van der Waals surface area (Å²) in [4.78, 5) is 12.2. The highest BCUT2D eigenvalue weighted by atomic mass is 16.2. The standard InChI is InChI=1S/C19H24N2O/c1-13-9-5-7-11-17(13)15(3)20-19(22)21-16(4)18-12-8-6-10-14(18)2/h5-12,15-16H,1-4H3,(H2,20,21,22)/t15-,16+. The zero-order valence-electron chi connectivity index (χ0n) is 13.7. The van der Waals surface area contributed by atoms with Crippen LogP contribution in [0.4, 0.5) is 4.79 Å². The topological polar surface area (TPSA) is 41.1 Å². The van der Waals surface area contributed by atoms with Gasteiger partial charge in [-0.2, -0.15) is 0 Å². The molecule has 2 aromatic rings. The van der Waals surface area contributed by atoms with E-state index < -0.39 is 0 Å². The van der Waals surface area contributed by atoms with Crippen molar-refractivity contribution < 1.29 is 4.79 Å². The van der Waals surface area contributed by atoms with Crippen molar-refractivity contribution in [2.75, 3.05) is 0 Å². The fourth-order valence-electron chi connectivity index (χ4n) is 2.74. The molecule has 0 spiro atoms. The monoisotopic (exact) mass is 296 g/mol. The van der Waals surface area contributed by atoms with Crippen molar-refractivity contribution in [3.8, 4) is 0 Å². The normalized spacial score (nSPS) is 13.3. The van der Waals surface area contributed by atoms with Gasteiger partial charge in [0.15, 0.2) is 0 Å². The summed E-state index contributed by atoms with van der Waals surface area (Å²) >= 11 is 0. The molecule has 0 heterocycles. The van der Waals surface area contributed by atoms with E-state index >= 15 is 0 Å². The van der Waals surface area contributed by atoms with Crippen LogP contribution in [0.15, 0.2) is 48.5 Å². The zero-order chi connectivity index (χ0) is 16.1. The molecule has 2 atom stereocenters. The molecule has 2 aromatic carbocycles. The van der Waals surface area contributed by atoms with Crippen LogP contribution in [0.25, 0.3) is 0 Å². The van der Waals surface area contributed by atoms with Crippen molar-refractivity contribution in [3.05, 3.63) is 70.8 Å². The second kappa shape index (κ2) is 7.12. The maximum atomic E-state index is 12.2. The van der Waals surface area contributed by atoms with Gasteiger partial charge < -0.3 is 10.6 Å². The van der Waals surface area contributed by atoms with Crippen LogP contribution in [-0.4, -0.2) is 6.03 Å². The summed E-state index contributed by atoms with van der Waals surface area (Å²) in [5, 5.41) is 6.01. The Hall–Kier alpha value is -2.29. The number of nitrogens with one attached hydrogen (secondary N) is 2. The van der Waals surface area contributed by atoms with Crippen LogP contribution >= 0.6 is 0 Å². The Bertz CT molecular complexity index is 596. The highest BCUT2D eigenvalue weighted by molar-refractivity contribution is 5.75. The maximum absolute atomic E-state index is 12.2. The first-order valence-corrected chi connectivity index (χ1v) is 7.67. The van der Waals surface area contributed by atoms with Gasteiger partial charge >= 0.3 is 6.03 Å². The van der Waals surface area contributed by atoms with E-state index in [9.17, 15) is 4.79 Å². The molecule has 0 saturated heterocycles. The summed E-state index contributed by atoms with van der Waals surface area (Å²) < 4.78 is 0. The lowest BCUT2D eigenvalue weighted by molar-refractivity contribution is 0.235. The summed E-state index contributed by atoms with van der Waals surface area (Å²) in [6, 6.07) is 16.0. The van der Waals surface area contributed by atoms with Gasteiger partial charge in [-0.1, -0.05) is 48.5 Å². The van der Waals surface area contributed by atoms with Gasteiger partial charge in [0, 0.05) is 0 Å². The van der Waals surface area contributed by atoms with Gasteiger partial charge in [-0.25, -0.2) is 4.79 Å². The van der Waals surface area contributed by atoms with Crippen LogP contribution in [-0.2, 0) is 0 Å². The van der Waals surface area contributed by atoms with E-state index in [4.69, 9.17) is 0 Å². The van der Waals surface area contributed by atoms with E-state index in [1.165, 1.54) is 11.1 Å². The Balaban J connectivity index is 1.98. The van der Waals surface area contributed by atoms with E-state index in [0.29, 0.717) is 0 Å². The number of carbonyl (C=O) groups excluding carboxylic acids is 1. The van der Waals surface area contributed by atoms with Crippen molar-refractivity contribution in [2.24, 2.45) is 0 Å². The molecule has 0 bridgehead atoms. The third kappa shape index (κ3) is 3.88. The van der Waals surface area contributed by atoms with Gasteiger partial charge in [0.25, 0.3) is 0 Å². The molecule has 0 aliphatic heterocycles. The molecule has 2 amide bonds. The number of aryl methyl sites for hydroxylation is 2. The molecule has 0 radical (unpaired) electrons. The highest BCUT2D eigenvalue weighted by Gasteiger charge is 2.14. The number of hydrogen-bond donors (Lipinski definition) is 2. The third-order valence-electron chi connectivity index (χ3n) is 4.01. The predicted octanol–water partition coefficient (Wildman–Crippen LogP) is 4.42. The second-order valence-corrected chi connectivity index (χ2v) is 5.77. The summed E-state index contributed by atoms with van der Waals surface area (Å²) in [5.41, 5.74) is 4.65. The Labute approximate surface area is 132 Å². The van der Waals surface area contributed by atoms with Gasteiger partial charge in [-0.3, -0.25) is 0 Å². The molecule has 22 heavy (non-hydrogen) atoms. The first kappa shape index (κ1) is 16.1. The van der Waals surface area contributed by atoms with Crippen LogP contribution in [0.3, 0.4) is 0 Å². The number of rotatable bonds is 4. The summed E-state index contributed by atoms with van der Waals surface area (Å²) in [5.74, 6) is 0. The Kier molecular flexibility index (Phi) is 5.21. The zero-order valence-corrected chi connectivity index (χ0v) is 13.7. The number of hydrogen-bond acceptors (Lipinski definition) is 1. The van der Waals surface area contributed by atoms with Gasteiger partial charge in [0.1, 0.15) is 0 Å². The Morgan fingerprint density at radius 3 is 1.50 bits per heavy atom. The van der Waals surface area contributed by atoms with Crippen molar-refractivity contribution in [3.63, 3.8) is 0 Å². The SMILES string of the molecule is Cc1ccccc1[C@H](C)NC(=O)N[C@H](C)c1ccccc1C. The van der Waals surface area contributed by atoms with Crippen LogP contribution in [0, 0.1) is 13.8 Å². The lowest BCUT2D eigenvalue weighted by Crippen LogP contribution is -2.38. The molecule has 3 nitrogen and oxygen atoms in total. The molecule has 0 aliphatic carbocycles. The molecule has 0 aromatic heterocycles. The van der Waals surface area contributed by atoms with E-state index in [-0.39, 0.29) is 18.1 Å². The van der Waals surface area contributed by atoms with Gasteiger partial charge in [-0.15, -0.1) is 0 Å². The first-order chi connectivity index (χ1) is 10.5. The third-order valence-corrected chi connectivity index (χ3v) is 4.01. The number of carbonyl (C=O) groups is 1. The highest BCUT2D eigenvalue weighted by Crippen LogP contribution is 2.18. The van der Waals surface area contributed by atoms with Crippen molar-refractivity contribution >= 4 is 6.03 Å². The Morgan fingerprint density at radius 2 is 1.14 bits per heavy atom. The molecule has 2 rings (SSSR count). The van der Waals surface area contributed by atoms with E-state index in [1.54, 1.807) is 0 Å². The molecular weight excluding hydrogens is 272 g/mol. The molecular formula is C19H24N2O. The average molecular weight is 296 g/mol. The number of benzene rings is 2. The van der Waals surface area contributed by atoms with Crippen LogP contribution in [0.2, 0.25) is 0 Å². The second-order valence-electron chi connectivity index (χ2n) is 5.77. The van der Waals surface area contributed by atoms with Gasteiger partial charge in [0.2, 0.25) is 0 Å². The lowest BCUT2D eigenvalue weighted by atomic mass is 10.0. The molecule has 2 N–H and O–H groups in total. The molecule has 0 unspecified atom stereocenters. The van der Waals surface area contributed by atoms with Gasteiger partial charge in [-0.05, 0) is 49.9 Å². The summed E-state index contributed by atoms with van der Waals surface area (Å²) in [6.07, 6.45) is 0. The Morgan fingerprint density at radius 1 is 0.773 bits per heavy atom. The smallest absolute Gasteiger partial charge is 0.315 e. The largest absolute Gasteiger partial charge is 0.332 e. The minimum Gasteiger partial charge on any atom is -0.332 e. The van der Waals surface area contributed by atoms with Crippen molar-refractivity contribution in [1.82, 2.24) is 10.6 Å². The van der Waals surface area contributed by atoms with E-state index in [2.05, 4.69) is 36.6 Å². The fraction of sp³-hybridized carbons (Fsp3) is 0.316. The molecule has 0 saturated carbocycles. The molecule has 116 valence electrons. The number of urea groups is 1. The van der Waals surface area contributed by atoms with Gasteiger partial charge in [0.05, 0.1) is 12.1 Å². The van der Waals surface area contributed by atoms with E-state index in [1.807, 2.05) is 50.2 Å². The van der Waals surface area contributed by atoms with Crippen molar-refractivity contribution in [1.29, 1.82) is 0 Å². The fourth-order valence-corrected chi connectivity index (χ4v) is 2.74. The quantitative estimate of drug-likeness (QED) is 0.861. The molecule has 3 heteroatoms. The summed E-state index contributed by atoms with van der Waals surface area (Å²) in [6.45, 7) is 8.11. The molecule has 0 aliphatic rings. The average Bonchev–Trinajstić information content (AvgIpc) is 2.47. The molecule has 0 fully saturated rings. The summed E-state index contributed by atoms with van der Waals surface area (Å²) in [7, 11) is 0. The van der Waals surface area contributed by atoms with Crippen molar-refractivity contribution in [2.45, 2.75) is 39.8 Å². The number of amides is 2. The first-order valence-electron chi connectivity index (χ1n) is 7.67. The lowest BCUT2D eigenvalue weighted by Gasteiger charge is -2.20. The van der Waals surface area contributed by atoms with Crippen LogP contribution in [0.5, 0.6) is 0 Å². The maximum Gasteiger partial charge on any atom is 0.315 e. The van der Waals surface area contributed by atoms with Crippen LogP contribution in [0.1, 0.15) is 48.2 Å².